The molecule has 0 heterocycles. The Balaban J connectivity index is 1.58. The molecule has 0 radical (unpaired) electrons. The van der Waals surface area contributed by atoms with Crippen molar-refractivity contribution in [1.29, 1.82) is 0 Å². The average molecular weight is 413 g/mol. The molecule has 154 valence electrons. The summed E-state index contributed by atoms with van der Waals surface area (Å²) in [6, 6.07) is 14.7. The van der Waals surface area contributed by atoms with Crippen LogP contribution >= 0.6 is 0 Å². The van der Waals surface area contributed by atoms with E-state index in [1.807, 2.05) is 12.1 Å². The van der Waals surface area contributed by atoms with E-state index < -0.39 is 10.0 Å². The molecule has 1 aliphatic carbocycles. The second-order valence-electron chi connectivity index (χ2n) is 7.50. The highest BCUT2D eigenvalue weighted by Crippen LogP contribution is 2.32. The van der Waals surface area contributed by atoms with Crippen molar-refractivity contribution in [1.82, 2.24) is 4.72 Å². The van der Waals surface area contributed by atoms with Crippen molar-refractivity contribution in [3.8, 4) is 0 Å². The van der Waals surface area contributed by atoms with E-state index in [0.29, 0.717) is 22.7 Å². The molecule has 0 spiro atoms. The lowest BCUT2D eigenvalue weighted by Gasteiger charge is -2.22. The summed E-state index contributed by atoms with van der Waals surface area (Å²) in [5.41, 5.74) is 3.21. The molecule has 1 amide bonds. The fourth-order valence-electron chi connectivity index (χ4n) is 3.69. The second kappa shape index (κ2) is 9.85. The van der Waals surface area contributed by atoms with Gasteiger partial charge in [-0.05, 0) is 54.2 Å². The molecule has 29 heavy (non-hydrogen) atoms. The van der Waals surface area contributed by atoms with Crippen LogP contribution in [0, 0.1) is 0 Å². The quantitative estimate of drug-likeness (QED) is 0.623. The SMILES string of the molecule is C=CCNS(=O)(=O)Cc1ccc(NC(=O)c2ccc(C3CCCCC3)cc2)cc1. The predicted octanol–water partition coefficient (Wildman–Crippen LogP) is 4.59. The first-order valence-corrected chi connectivity index (χ1v) is 11.7. The summed E-state index contributed by atoms with van der Waals surface area (Å²) in [6.07, 6.45) is 7.86. The lowest BCUT2D eigenvalue weighted by molar-refractivity contribution is 0.102. The summed E-state index contributed by atoms with van der Waals surface area (Å²) in [7, 11) is -3.40. The van der Waals surface area contributed by atoms with Crippen LogP contribution in [0.15, 0.2) is 61.2 Å². The van der Waals surface area contributed by atoms with Crippen LogP contribution in [0.4, 0.5) is 5.69 Å². The van der Waals surface area contributed by atoms with Gasteiger partial charge in [0.15, 0.2) is 0 Å². The maximum atomic E-state index is 12.5. The van der Waals surface area contributed by atoms with Gasteiger partial charge in [0.25, 0.3) is 5.91 Å². The molecular formula is C23H28N2O3S. The number of rotatable bonds is 8. The van der Waals surface area contributed by atoms with Crippen LogP contribution in [0.1, 0.15) is 59.5 Å². The molecule has 6 heteroatoms. The Morgan fingerprint density at radius 3 is 2.28 bits per heavy atom. The number of anilines is 1. The van der Waals surface area contributed by atoms with E-state index in [2.05, 4.69) is 28.8 Å². The Morgan fingerprint density at radius 1 is 1.00 bits per heavy atom. The summed E-state index contributed by atoms with van der Waals surface area (Å²) in [6.45, 7) is 3.70. The molecule has 2 aromatic carbocycles. The van der Waals surface area contributed by atoms with Crippen LogP contribution in [0.5, 0.6) is 0 Å². The number of amides is 1. The fourth-order valence-corrected chi connectivity index (χ4v) is 4.79. The van der Waals surface area contributed by atoms with Gasteiger partial charge in [0.2, 0.25) is 10.0 Å². The highest BCUT2D eigenvalue weighted by Gasteiger charge is 2.16. The van der Waals surface area contributed by atoms with Gasteiger partial charge in [-0.25, -0.2) is 13.1 Å². The Hall–Kier alpha value is -2.44. The summed E-state index contributed by atoms with van der Waals surface area (Å²) >= 11 is 0. The van der Waals surface area contributed by atoms with Gasteiger partial charge in [0, 0.05) is 17.8 Å². The van der Waals surface area contributed by atoms with Crippen molar-refractivity contribution < 1.29 is 13.2 Å². The minimum Gasteiger partial charge on any atom is -0.322 e. The van der Waals surface area contributed by atoms with Gasteiger partial charge < -0.3 is 5.32 Å². The van der Waals surface area contributed by atoms with Crippen molar-refractivity contribution in [2.75, 3.05) is 11.9 Å². The molecule has 2 aromatic rings. The minimum absolute atomic E-state index is 0.113. The molecule has 2 N–H and O–H groups in total. The molecule has 0 atom stereocenters. The molecule has 0 aromatic heterocycles. The Labute approximate surface area is 173 Å². The third-order valence-corrected chi connectivity index (χ3v) is 6.59. The first-order valence-electron chi connectivity index (χ1n) is 10.1. The van der Waals surface area contributed by atoms with E-state index in [1.165, 1.54) is 43.7 Å². The van der Waals surface area contributed by atoms with Gasteiger partial charge in [-0.15, -0.1) is 6.58 Å². The molecule has 3 rings (SSSR count). The van der Waals surface area contributed by atoms with Gasteiger partial charge in [0.1, 0.15) is 0 Å². The molecule has 5 nitrogen and oxygen atoms in total. The molecule has 0 aliphatic heterocycles. The molecule has 0 unspecified atom stereocenters. The standard InChI is InChI=1S/C23H28N2O3S/c1-2-16-24-29(27,28)17-18-8-14-22(15-9-18)25-23(26)21-12-10-20(11-13-21)19-6-4-3-5-7-19/h2,8-15,19,24H,1,3-7,16-17H2,(H,25,26). The number of hydrogen-bond donors (Lipinski definition) is 2. The van der Waals surface area contributed by atoms with Crippen LogP contribution in [0.3, 0.4) is 0 Å². The third-order valence-electron chi connectivity index (χ3n) is 5.27. The number of nitrogens with one attached hydrogen (secondary N) is 2. The van der Waals surface area contributed by atoms with Crippen molar-refractivity contribution in [3.63, 3.8) is 0 Å². The number of carbonyl (C=O) groups excluding carboxylic acids is 1. The van der Waals surface area contributed by atoms with E-state index in [1.54, 1.807) is 24.3 Å². The van der Waals surface area contributed by atoms with Crippen molar-refractivity contribution >= 4 is 21.6 Å². The maximum absolute atomic E-state index is 12.5. The van der Waals surface area contributed by atoms with Gasteiger partial charge in [0.05, 0.1) is 5.75 Å². The zero-order valence-corrected chi connectivity index (χ0v) is 17.4. The van der Waals surface area contributed by atoms with Crippen LogP contribution in [-0.4, -0.2) is 20.9 Å². The molecule has 1 saturated carbocycles. The van der Waals surface area contributed by atoms with E-state index >= 15 is 0 Å². The van der Waals surface area contributed by atoms with Gasteiger partial charge in [-0.3, -0.25) is 4.79 Å². The van der Waals surface area contributed by atoms with Gasteiger partial charge in [-0.2, -0.15) is 0 Å². The molecule has 1 fully saturated rings. The first-order chi connectivity index (χ1) is 14.0. The topological polar surface area (TPSA) is 75.3 Å². The largest absolute Gasteiger partial charge is 0.322 e. The number of carbonyl (C=O) groups is 1. The zero-order chi connectivity index (χ0) is 20.7. The van der Waals surface area contributed by atoms with Crippen LogP contribution in [-0.2, 0) is 15.8 Å². The predicted molar refractivity (Wildman–Crippen MR) is 117 cm³/mol. The van der Waals surface area contributed by atoms with E-state index in [4.69, 9.17) is 0 Å². The number of sulfonamides is 1. The zero-order valence-electron chi connectivity index (χ0n) is 16.6. The average Bonchev–Trinajstić information content (AvgIpc) is 2.74. The Kier molecular flexibility index (Phi) is 7.23. The second-order valence-corrected chi connectivity index (χ2v) is 9.31. The van der Waals surface area contributed by atoms with E-state index in [0.717, 1.165) is 0 Å². The monoisotopic (exact) mass is 412 g/mol. The van der Waals surface area contributed by atoms with Gasteiger partial charge in [-0.1, -0.05) is 49.6 Å². The molecular weight excluding hydrogens is 384 g/mol. The van der Waals surface area contributed by atoms with Crippen molar-refractivity contribution in [3.05, 3.63) is 77.9 Å². The smallest absolute Gasteiger partial charge is 0.255 e. The van der Waals surface area contributed by atoms with E-state index in [9.17, 15) is 13.2 Å². The highest BCUT2D eigenvalue weighted by molar-refractivity contribution is 7.88. The Bertz CT molecular complexity index is 929. The normalized spacial score (nSPS) is 15.0. The first kappa shape index (κ1) is 21.3. The van der Waals surface area contributed by atoms with Crippen LogP contribution in [0.25, 0.3) is 0 Å². The van der Waals surface area contributed by atoms with Crippen molar-refractivity contribution in [2.45, 2.75) is 43.8 Å². The maximum Gasteiger partial charge on any atom is 0.255 e. The van der Waals surface area contributed by atoms with Gasteiger partial charge >= 0.3 is 0 Å². The fraction of sp³-hybridized carbons (Fsp3) is 0.348. The molecule has 1 aliphatic rings. The molecule has 0 bridgehead atoms. The number of benzene rings is 2. The lowest BCUT2D eigenvalue weighted by Crippen LogP contribution is -2.25. The van der Waals surface area contributed by atoms with Crippen LogP contribution < -0.4 is 10.0 Å². The summed E-state index contributed by atoms with van der Waals surface area (Å²) in [5.74, 6) is 0.330. The Morgan fingerprint density at radius 2 is 1.66 bits per heavy atom. The summed E-state index contributed by atoms with van der Waals surface area (Å²) < 4.78 is 26.3. The van der Waals surface area contributed by atoms with Crippen molar-refractivity contribution in [2.24, 2.45) is 0 Å². The lowest BCUT2D eigenvalue weighted by atomic mass is 9.84. The third kappa shape index (κ3) is 6.27. The van der Waals surface area contributed by atoms with E-state index in [-0.39, 0.29) is 18.2 Å². The highest BCUT2D eigenvalue weighted by atomic mass is 32.2. The summed E-state index contributed by atoms with van der Waals surface area (Å²) in [4.78, 5) is 12.5. The van der Waals surface area contributed by atoms with Crippen LogP contribution in [0.2, 0.25) is 0 Å². The minimum atomic E-state index is -3.40. The summed E-state index contributed by atoms with van der Waals surface area (Å²) in [5, 5.41) is 2.86. The number of hydrogen-bond acceptors (Lipinski definition) is 3. The molecule has 0 saturated heterocycles.